The van der Waals surface area contributed by atoms with E-state index in [-0.39, 0.29) is 17.5 Å². The molecule has 3 aromatic heterocycles. The predicted molar refractivity (Wildman–Crippen MR) is 111 cm³/mol. The van der Waals surface area contributed by atoms with E-state index < -0.39 is 17.9 Å². The molecule has 7 nitrogen and oxygen atoms in total. The van der Waals surface area contributed by atoms with Crippen LogP contribution in [-0.2, 0) is 9.53 Å². The van der Waals surface area contributed by atoms with Crippen LogP contribution in [0, 0.1) is 6.92 Å². The number of nitrogens with one attached hydrogen (secondary N) is 1. The highest BCUT2D eigenvalue weighted by atomic mass is 32.1. The molecule has 1 atom stereocenters. The normalized spacial score (nSPS) is 11.8. The number of aromatic hydroxyl groups is 1. The number of nitrogens with zero attached hydrogens (tertiary/aromatic N) is 2. The average molecular weight is 404 g/mol. The molecule has 0 radical (unpaired) electrons. The molecule has 8 heteroatoms. The van der Waals surface area contributed by atoms with Gasteiger partial charge in [0, 0.05) is 17.3 Å². The van der Waals surface area contributed by atoms with Crippen molar-refractivity contribution in [3.05, 3.63) is 29.7 Å². The Morgan fingerprint density at radius 3 is 2.57 bits per heavy atom. The fraction of sp³-hybridized carbons (Fsp3) is 0.400. The number of fused-ring (bicyclic) bond motifs is 3. The second-order valence-corrected chi connectivity index (χ2v) is 7.28. The number of hydrogen-bond donors (Lipinski definition) is 2. The lowest BCUT2D eigenvalue weighted by Gasteiger charge is -2.15. The summed E-state index contributed by atoms with van der Waals surface area (Å²) in [7, 11) is 0. The minimum Gasteiger partial charge on any atom is -0.504 e. The van der Waals surface area contributed by atoms with Crippen LogP contribution in [0.4, 0.5) is 0 Å². The largest absolute Gasteiger partial charge is 0.504 e. The summed E-state index contributed by atoms with van der Waals surface area (Å²) < 4.78 is 6.52. The third-order valence-electron chi connectivity index (χ3n) is 3.80. The van der Waals surface area contributed by atoms with Crippen molar-refractivity contribution in [1.82, 2.24) is 15.3 Å². The van der Waals surface area contributed by atoms with Crippen LogP contribution >= 0.6 is 11.3 Å². The van der Waals surface area contributed by atoms with E-state index in [1.54, 1.807) is 27.0 Å². The van der Waals surface area contributed by atoms with E-state index in [1.807, 2.05) is 26.0 Å². The summed E-state index contributed by atoms with van der Waals surface area (Å²) in [4.78, 5) is 33.0. The number of ether oxygens (including phenoxy) is 1. The smallest absolute Gasteiger partial charge is 0.328 e. The van der Waals surface area contributed by atoms with Gasteiger partial charge in [0.15, 0.2) is 11.4 Å². The molecule has 0 bridgehead atoms. The Balaban J connectivity index is 0.00000136. The zero-order valence-electron chi connectivity index (χ0n) is 16.9. The van der Waals surface area contributed by atoms with Crippen LogP contribution in [0.15, 0.2) is 18.3 Å². The molecule has 1 unspecified atom stereocenters. The van der Waals surface area contributed by atoms with Gasteiger partial charge in [-0.2, -0.15) is 0 Å². The summed E-state index contributed by atoms with van der Waals surface area (Å²) in [6.07, 6.45) is 1.39. The van der Waals surface area contributed by atoms with Gasteiger partial charge >= 0.3 is 5.97 Å². The van der Waals surface area contributed by atoms with Gasteiger partial charge in [-0.15, -0.1) is 11.3 Å². The molecule has 0 aromatic carbocycles. The third kappa shape index (κ3) is 4.22. The quantitative estimate of drug-likeness (QED) is 0.640. The molecule has 0 spiro atoms. The van der Waals surface area contributed by atoms with E-state index in [4.69, 9.17) is 4.74 Å². The van der Waals surface area contributed by atoms with Crippen LogP contribution in [0.5, 0.6) is 5.75 Å². The number of esters is 1. The molecule has 2 N–H and O–H groups in total. The number of aryl methyl sites for hydroxylation is 1. The Bertz CT molecular complexity index is 1010. The summed E-state index contributed by atoms with van der Waals surface area (Å²) in [5.74, 6) is -1.39. The molecule has 1 amide bonds. The standard InChI is InChI=1S/C18H19N3O4S.C2H6/c1-8(2)25-18(24)10(4)21-17(23)14-15(22)16-12(9(3)20-14)13-11(26-16)6-5-7-19-13;1-2/h5-8,10,22H,1-4H3,(H,21,23);1-2H3. The van der Waals surface area contributed by atoms with Crippen molar-refractivity contribution in [1.29, 1.82) is 0 Å². The zero-order valence-corrected chi connectivity index (χ0v) is 17.7. The van der Waals surface area contributed by atoms with Gasteiger partial charge in [0.1, 0.15) is 6.04 Å². The Kier molecular flexibility index (Phi) is 6.90. The van der Waals surface area contributed by atoms with Gasteiger partial charge < -0.3 is 15.2 Å². The van der Waals surface area contributed by atoms with Crippen LogP contribution < -0.4 is 5.32 Å². The maximum atomic E-state index is 12.5. The van der Waals surface area contributed by atoms with E-state index in [0.717, 1.165) is 15.6 Å². The molecule has 0 fully saturated rings. The highest BCUT2D eigenvalue weighted by molar-refractivity contribution is 7.26. The number of amides is 1. The monoisotopic (exact) mass is 403 g/mol. The Morgan fingerprint density at radius 2 is 1.93 bits per heavy atom. The van der Waals surface area contributed by atoms with Crippen molar-refractivity contribution in [3.63, 3.8) is 0 Å². The maximum absolute atomic E-state index is 12.5. The number of aromatic nitrogens is 2. The molecule has 0 saturated heterocycles. The first-order valence-electron chi connectivity index (χ1n) is 9.17. The number of carbonyl (C=O) groups excluding carboxylic acids is 2. The van der Waals surface area contributed by atoms with Crippen molar-refractivity contribution < 1.29 is 19.4 Å². The highest BCUT2D eigenvalue weighted by Crippen LogP contribution is 2.40. The summed E-state index contributed by atoms with van der Waals surface area (Å²) in [5.41, 5.74) is 1.21. The number of hydrogen-bond acceptors (Lipinski definition) is 7. The Morgan fingerprint density at radius 1 is 1.25 bits per heavy atom. The van der Waals surface area contributed by atoms with E-state index in [1.165, 1.54) is 18.3 Å². The lowest BCUT2D eigenvalue weighted by atomic mass is 10.1. The molecule has 28 heavy (non-hydrogen) atoms. The molecule has 0 aliphatic heterocycles. The minimum atomic E-state index is -0.855. The number of rotatable bonds is 4. The van der Waals surface area contributed by atoms with Gasteiger partial charge in [-0.05, 0) is 39.8 Å². The van der Waals surface area contributed by atoms with Crippen LogP contribution in [0.1, 0.15) is 50.8 Å². The summed E-state index contributed by atoms with van der Waals surface area (Å²) in [6, 6.07) is 2.86. The molecule has 150 valence electrons. The first kappa shape index (κ1) is 21.6. The lowest BCUT2D eigenvalue weighted by molar-refractivity contribution is -0.149. The van der Waals surface area contributed by atoms with Crippen molar-refractivity contribution in [2.24, 2.45) is 0 Å². The molecule has 3 heterocycles. The molecule has 0 saturated carbocycles. The van der Waals surface area contributed by atoms with E-state index in [9.17, 15) is 14.7 Å². The molecule has 3 rings (SSSR count). The van der Waals surface area contributed by atoms with Crippen molar-refractivity contribution in [2.45, 2.75) is 53.7 Å². The lowest BCUT2D eigenvalue weighted by Crippen LogP contribution is -2.40. The second kappa shape index (κ2) is 8.97. The van der Waals surface area contributed by atoms with Gasteiger partial charge in [0.05, 0.1) is 21.0 Å². The SMILES string of the molecule is CC.Cc1nc(C(=O)NC(C)C(=O)OC(C)C)c(O)c2sc3cccnc3c12. The van der Waals surface area contributed by atoms with Crippen molar-refractivity contribution in [2.75, 3.05) is 0 Å². The van der Waals surface area contributed by atoms with Crippen LogP contribution in [0.2, 0.25) is 0 Å². The number of thiophene rings is 1. The van der Waals surface area contributed by atoms with Crippen molar-refractivity contribution >= 4 is 43.5 Å². The predicted octanol–water partition coefficient (Wildman–Crippen LogP) is 3.95. The Hall–Kier alpha value is -2.74. The van der Waals surface area contributed by atoms with Gasteiger partial charge in [-0.1, -0.05) is 13.8 Å². The molecular formula is C20H25N3O4S. The minimum absolute atomic E-state index is 0.120. The first-order valence-corrected chi connectivity index (χ1v) is 9.99. The summed E-state index contributed by atoms with van der Waals surface area (Å²) in [5, 5.41) is 13.8. The third-order valence-corrected chi connectivity index (χ3v) is 4.95. The highest BCUT2D eigenvalue weighted by Gasteiger charge is 2.25. The zero-order chi connectivity index (χ0) is 21.0. The molecular weight excluding hydrogens is 378 g/mol. The van der Waals surface area contributed by atoms with E-state index in [2.05, 4.69) is 15.3 Å². The van der Waals surface area contributed by atoms with Crippen LogP contribution in [0.3, 0.4) is 0 Å². The Labute approximate surface area is 167 Å². The first-order chi connectivity index (χ1) is 13.3. The number of pyridine rings is 2. The van der Waals surface area contributed by atoms with Gasteiger partial charge in [0.25, 0.3) is 5.91 Å². The molecule has 0 aliphatic carbocycles. The van der Waals surface area contributed by atoms with Crippen molar-refractivity contribution in [3.8, 4) is 5.75 Å². The molecule has 3 aromatic rings. The second-order valence-electron chi connectivity index (χ2n) is 6.23. The topological polar surface area (TPSA) is 101 Å². The fourth-order valence-corrected chi connectivity index (χ4v) is 3.79. The maximum Gasteiger partial charge on any atom is 0.328 e. The van der Waals surface area contributed by atoms with Crippen LogP contribution in [0.25, 0.3) is 20.3 Å². The van der Waals surface area contributed by atoms with E-state index in [0.29, 0.717) is 10.4 Å². The van der Waals surface area contributed by atoms with Gasteiger partial charge in [0.2, 0.25) is 0 Å². The van der Waals surface area contributed by atoms with Crippen LogP contribution in [-0.4, -0.2) is 39.1 Å². The fourth-order valence-electron chi connectivity index (χ4n) is 2.63. The summed E-state index contributed by atoms with van der Waals surface area (Å²) >= 11 is 1.34. The number of carbonyl (C=O) groups is 2. The summed E-state index contributed by atoms with van der Waals surface area (Å²) in [6.45, 7) is 10.7. The van der Waals surface area contributed by atoms with E-state index >= 15 is 0 Å². The van der Waals surface area contributed by atoms with Gasteiger partial charge in [-0.25, -0.2) is 9.78 Å². The van der Waals surface area contributed by atoms with Gasteiger partial charge in [-0.3, -0.25) is 9.78 Å². The molecule has 0 aliphatic rings. The average Bonchev–Trinajstić information content (AvgIpc) is 3.06.